The van der Waals surface area contributed by atoms with E-state index in [-0.39, 0.29) is 23.6 Å². The minimum absolute atomic E-state index is 0.113. The molecule has 0 unspecified atom stereocenters. The molecule has 1 saturated heterocycles. The number of likely N-dealkylation sites (tertiary alicyclic amines) is 1. The number of benzene rings is 1. The average Bonchev–Trinajstić information content (AvgIpc) is 3.22. The Bertz CT molecular complexity index is 923. The third-order valence-electron chi connectivity index (χ3n) is 5.47. The number of hydrogen-bond donors (Lipinski definition) is 1. The van der Waals surface area contributed by atoms with E-state index in [4.69, 9.17) is 0 Å². The van der Waals surface area contributed by atoms with Gasteiger partial charge in [-0.1, -0.05) is 18.2 Å². The summed E-state index contributed by atoms with van der Waals surface area (Å²) < 4.78 is 0. The maximum Gasteiger partial charge on any atom is 0.273 e. The van der Waals surface area contributed by atoms with Crippen LogP contribution in [0, 0.1) is 12.8 Å². The Morgan fingerprint density at radius 1 is 1.23 bits per heavy atom. The van der Waals surface area contributed by atoms with Crippen LogP contribution in [0.25, 0.3) is 0 Å². The van der Waals surface area contributed by atoms with Crippen molar-refractivity contribution in [3.05, 3.63) is 46.5 Å². The number of amides is 3. The van der Waals surface area contributed by atoms with Gasteiger partial charge in [0, 0.05) is 37.1 Å². The van der Waals surface area contributed by atoms with Crippen molar-refractivity contribution in [1.82, 2.24) is 14.8 Å². The molecule has 1 aromatic heterocycles. The minimum Gasteiger partial charge on any atom is -0.343 e. The van der Waals surface area contributed by atoms with Crippen molar-refractivity contribution in [2.24, 2.45) is 5.92 Å². The number of hydrogen-bond acceptors (Lipinski definition) is 5. The van der Waals surface area contributed by atoms with Crippen LogP contribution in [0.4, 0.5) is 5.13 Å². The maximum absolute atomic E-state index is 12.9. The number of nitrogens with zero attached hydrogens (tertiary/aromatic N) is 3. The number of nitrogens with one attached hydrogen (secondary N) is 1. The van der Waals surface area contributed by atoms with Crippen molar-refractivity contribution in [2.75, 3.05) is 31.5 Å². The second kappa shape index (κ2) is 9.84. The second-order valence-electron chi connectivity index (χ2n) is 7.41. The van der Waals surface area contributed by atoms with Crippen molar-refractivity contribution in [3.8, 4) is 0 Å². The summed E-state index contributed by atoms with van der Waals surface area (Å²) in [5.74, 6) is -0.493. The molecule has 0 radical (unpaired) electrons. The average molecular weight is 429 g/mol. The Balaban J connectivity index is 1.65. The van der Waals surface area contributed by atoms with Crippen LogP contribution < -0.4 is 5.32 Å². The molecule has 0 saturated carbocycles. The quantitative estimate of drug-likeness (QED) is 0.764. The van der Waals surface area contributed by atoms with Gasteiger partial charge in [0.25, 0.3) is 11.8 Å². The van der Waals surface area contributed by atoms with Crippen LogP contribution in [0.2, 0.25) is 0 Å². The van der Waals surface area contributed by atoms with Crippen LogP contribution in [0.1, 0.15) is 53.1 Å². The highest BCUT2D eigenvalue weighted by molar-refractivity contribution is 7.14. The minimum atomic E-state index is -0.246. The van der Waals surface area contributed by atoms with Crippen molar-refractivity contribution < 1.29 is 14.4 Å². The first-order valence-corrected chi connectivity index (χ1v) is 11.2. The second-order valence-corrected chi connectivity index (χ2v) is 8.27. The number of piperidine rings is 1. The lowest BCUT2D eigenvalue weighted by atomic mass is 9.96. The van der Waals surface area contributed by atoms with E-state index in [1.165, 1.54) is 11.3 Å². The summed E-state index contributed by atoms with van der Waals surface area (Å²) in [6, 6.07) is 7.32. The zero-order valence-corrected chi connectivity index (χ0v) is 18.5. The van der Waals surface area contributed by atoms with Gasteiger partial charge in [0.2, 0.25) is 5.91 Å². The third-order valence-corrected chi connectivity index (χ3v) is 6.22. The topological polar surface area (TPSA) is 82.6 Å². The van der Waals surface area contributed by atoms with Crippen LogP contribution in [-0.2, 0) is 4.79 Å². The first-order chi connectivity index (χ1) is 14.4. The number of aryl methyl sites for hydroxylation is 1. The van der Waals surface area contributed by atoms with E-state index < -0.39 is 0 Å². The molecule has 1 fully saturated rings. The van der Waals surface area contributed by atoms with Gasteiger partial charge in [-0.05, 0) is 45.2 Å². The van der Waals surface area contributed by atoms with Gasteiger partial charge in [-0.15, -0.1) is 11.3 Å². The number of carbonyl (C=O) groups excluding carboxylic acids is 3. The van der Waals surface area contributed by atoms with Gasteiger partial charge in [-0.3, -0.25) is 19.7 Å². The summed E-state index contributed by atoms with van der Waals surface area (Å²) in [5.41, 5.74) is 1.76. The summed E-state index contributed by atoms with van der Waals surface area (Å²) in [6.07, 6.45) is 1.60. The molecule has 0 aliphatic carbocycles. The molecule has 1 atom stereocenters. The normalized spacial score (nSPS) is 16.2. The van der Waals surface area contributed by atoms with Crippen LogP contribution in [0.5, 0.6) is 0 Å². The summed E-state index contributed by atoms with van der Waals surface area (Å²) in [7, 11) is 0. The fourth-order valence-electron chi connectivity index (χ4n) is 3.74. The van der Waals surface area contributed by atoms with Crippen molar-refractivity contribution in [1.29, 1.82) is 0 Å². The van der Waals surface area contributed by atoms with E-state index in [0.29, 0.717) is 42.6 Å². The fraction of sp³-hybridized carbons (Fsp3) is 0.455. The Morgan fingerprint density at radius 3 is 2.67 bits per heavy atom. The van der Waals surface area contributed by atoms with E-state index in [1.54, 1.807) is 16.3 Å². The molecule has 3 rings (SSSR count). The molecule has 8 heteroatoms. The molecule has 1 aromatic carbocycles. The van der Waals surface area contributed by atoms with Crippen LogP contribution in [0.3, 0.4) is 0 Å². The highest BCUT2D eigenvalue weighted by atomic mass is 32.1. The Hall–Kier alpha value is -2.74. The Morgan fingerprint density at radius 2 is 1.97 bits per heavy atom. The molecule has 3 amide bonds. The first kappa shape index (κ1) is 22.0. The number of thiazole rings is 1. The van der Waals surface area contributed by atoms with Crippen LogP contribution in [0.15, 0.2) is 29.6 Å². The molecule has 1 aliphatic heterocycles. The van der Waals surface area contributed by atoms with E-state index >= 15 is 0 Å². The van der Waals surface area contributed by atoms with E-state index in [2.05, 4.69) is 10.3 Å². The highest BCUT2D eigenvalue weighted by Crippen LogP contribution is 2.23. The first-order valence-electron chi connectivity index (χ1n) is 10.3. The van der Waals surface area contributed by atoms with Gasteiger partial charge in [-0.25, -0.2) is 4.98 Å². The van der Waals surface area contributed by atoms with Crippen LogP contribution >= 0.6 is 11.3 Å². The van der Waals surface area contributed by atoms with Gasteiger partial charge in [-0.2, -0.15) is 0 Å². The predicted molar refractivity (Wildman–Crippen MR) is 118 cm³/mol. The van der Waals surface area contributed by atoms with Crippen molar-refractivity contribution in [3.63, 3.8) is 0 Å². The Kier molecular flexibility index (Phi) is 7.20. The molecule has 0 spiro atoms. The molecule has 1 aliphatic rings. The summed E-state index contributed by atoms with van der Waals surface area (Å²) in [5, 5.41) is 4.82. The SMILES string of the molecule is CCN(CC)C(=O)[C@H]1CCCN(C(=O)c2csc(NC(=O)c3ccccc3C)n2)C1. The number of anilines is 1. The van der Waals surface area contributed by atoms with E-state index in [1.807, 2.05) is 43.9 Å². The summed E-state index contributed by atoms with van der Waals surface area (Å²) in [6.45, 7) is 8.19. The van der Waals surface area contributed by atoms with E-state index in [0.717, 1.165) is 18.4 Å². The zero-order chi connectivity index (χ0) is 21.7. The lowest BCUT2D eigenvalue weighted by Gasteiger charge is -2.34. The standard InChI is InChI=1S/C22H28N4O3S/c1-4-25(5-2)20(28)16-10-8-12-26(13-16)21(29)18-14-30-22(23-18)24-19(27)17-11-7-6-9-15(17)3/h6-7,9,11,14,16H,4-5,8,10,12-13H2,1-3H3,(H,23,24,27)/t16-/m0/s1. The molecule has 30 heavy (non-hydrogen) atoms. The highest BCUT2D eigenvalue weighted by Gasteiger charge is 2.31. The summed E-state index contributed by atoms with van der Waals surface area (Å²) >= 11 is 1.22. The van der Waals surface area contributed by atoms with Gasteiger partial charge >= 0.3 is 0 Å². The van der Waals surface area contributed by atoms with Crippen molar-refractivity contribution >= 4 is 34.2 Å². The van der Waals surface area contributed by atoms with E-state index in [9.17, 15) is 14.4 Å². The summed E-state index contributed by atoms with van der Waals surface area (Å²) in [4.78, 5) is 45.9. The molecular weight excluding hydrogens is 400 g/mol. The molecule has 160 valence electrons. The van der Waals surface area contributed by atoms with Gasteiger partial charge < -0.3 is 9.80 Å². The molecule has 2 heterocycles. The zero-order valence-electron chi connectivity index (χ0n) is 17.7. The largest absolute Gasteiger partial charge is 0.343 e. The fourth-order valence-corrected chi connectivity index (χ4v) is 4.42. The van der Waals surface area contributed by atoms with Crippen LogP contribution in [-0.4, -0.2) is 58.7 Å². The number of rotatable bonds is 6. The molecular formula is C22H28N4O3S. The lowest BCUT2D eigenvalue weighted by molar-refractivity contribution is -0.136. The number of carbonyl (C=O) groups is 3. The molecule has 1 N–H and O–H groups in total. The number of aromatic nitrogens is 1. The lowest BCUT2D eigenvalue weighted by Crippen LogP contribution is -2.46. The molecule has 0 bridgehead atoms. The maximum atomic E-state index is 12.9. The third kappa shape index (κ3) is 4.87. The van der Waals surface area contributed by atoms with Gasteiger partial charge in [0.15, 0.2) is 5.13 Å². The van der Waals surface area contributed by atoms with Crippen molar-refractivity contribution in [2.45, 2.75) is 33.6 Å². The monoisotopic (exact) mass is 428 g/mol. The van der Waals surface area contributed by atoms with Gasteiger partial charge in [0.05, 0.1) is 5.92 Å². The van der Waals surface area contributed by atoms with Gasteiger partial charge in [0.1, 0.15) is 5.69 Å². The molecule has 2 aromatic rings. The molecule has 7 nitrogen and oxygen atoms in total. The predicted octanol–water partition coefficient (Wildman–Crippen LogP) is 3.42. The Labute approximate surface area is 181 Å². The smallest absolute Gasteiger partial charge is 0.273 e.